The molecule has 4 aliphatic carbocycles. The number of aliphatic hydroxyl groups excluding tert-OH is 2. The van der Waals surface area contributed by atoms with Gasteiger partial charge in [0.2, 0.25) is 0 Å². The van der Waals surface area contributed by atoms with Crippen LogP contribution in [0.3, 0.4) is 0 Å². The van der Waals surface area contributed by atoms with Crippen molar-refractivity contribution in [1.29, 1.82) is 0 Å². The van der Waals surface area contributed by atoms with Crippen LogP contribution in [-0.4, -0.2) is 59.4 Å². The van der Waals surface area contributed by atoms with Crippen molar-refractivity contribution in [2.75, 3.05) is 34.6 Å². The minimum Gasteiger partial charge on any atom is -0.390 e. The van der Waals surface area contributed by atoms with Gasteiger partial charge in [0.15, 0.2) is 0 Å². The number of anilines is 2. The van der Waals surface area contributed by atoms with E-state index in [0.29, 0.717) is 36.4 Å². The summed E-state index contributed by atoms with van der Waals surface area (Å²) in [7, 11) is 0. The van der Waals surface area contributed by atoms with Crippen LogP contribution >= 0.6 is 35.3 Å². The van der Waals surface area contributed by atoms with Crippen LogP contribution in [-0.2, 0) is 34.1 Å². The summed E-state index contributed by atoms with van der Waals surface area (Å²) >= 11 is 5.07. The molecule has 364 valence electrons. The van der Waals surface area contributed by atoms with Crippen LogP contribution in [0.15, 0.2) is 139 Å². The van der Waals surface area contributed by atoms with Crippen LogP contribution in [0, 0.1) is 35.5 Å². The maximum absolute atomic E-state index is 11.0. The zero-order chi connectivity index (χ0) is 45.6. The molecule has 0 radical (unpaired) electrons. The van der Waals surface area contributed by atoms with E-state index in [0.717, 1.165) is 34.0 Å². The summed E-state index contributed by atoms with van der Waals surface area (Å²) in [6, 6.07) is 37.4. The zero-order valence-electron chi connectivity index (χ0n) is 40.2. The summed E-state index contributed by atoms with van der Waals surface area (Å²) in [5.74, 6) is 8.44. The van der Waals surface area contributed by atoms with Gasteiger partial charge in [0, 0.05) is 31.1 Å². The molecule has 0 heterocycles. The molecule has 0 amide bonds. The van der Waals surface area contributed by atoms with Crippen molar-refractivity contribution in [3.8, 4) is 0 Å². The van der Waals surface area contributed by atoms with Gasteiger partial charge in [-0.25, -0.2) is 0 Å². The van der Waals surface area contributed by atoms with E-state index in [2.05, 4.69) is 88.7 Å². The molecular weight excluding hydrogens is 969 g/mol. The van der Waals surface area contributed by atoms with Crippen LogP contribution in [0.1, 0.15) is 118 Å². The second kappa shape index (κ2) is 31.9. The number of rotatable bonds is 18. The fourth-order valence-corrected chi connectivity index (χ4v) is 11.1. The Balaban J connectivity index is 0.000000608. The van der Waals surface area contributed by atoms with E-state index in [9.17, 15) is 10.2 Å². The Morgan fingerprint density at radius 3 is 1.15 bits per heavy atom. The number of hydrogen-bond donors (Lipinski definition) is 2. The molecule has 4 unspecified atom stereocenters. The Morgan fingerprint density at radius 2 is 0.851 bits per heavy atom. The molecule has 0 bridgehead atoms. The predicted molar refractivity (Wildman–Crippen MR) is 282 cm³/mol. The number of aliphatic hydroxyl groups is 2. The first-order chi connectivity index (χ1) is 31.7. The quantitative estimate of drug-likeness (QED) is 0.0338. The second-order valence-corrected chi connectivity index (χ2v) is 21.7. The summed E-state index contributed by atoms with van der Waals surface area (Å²) in [6.45, 7) is 9.86. The topological polar surface area (TPSA) is 71.7 Å². The SMILES string of the molecule is C[C-]1CCCC1.C[C-]1CCCC1.C[C-]1CCCC1/C=N/N(CC(O)CSc1ccc(Sc2ccc(SCC(O)CN(/N=C/C3CCC[C-]3C)c3ccccc3)cc2)cc1)c1ccccc1.[Fe+2].[Fe+2]. The fourth-order valence-electron chi connectivity index (χ4n) is 8.62. The molecule has 6 nitrogen and oxygen atoms in total. The van der Waals surface area contributed by atoms with Gasteiger partial charge in [-0.3, -0.25) is 10.0 Å². The molecule has 4 aromatic rings. The molecule has 4 fully saturated rings. The van der Waals surface area contributed by atoms with Crippen molar-refractivity contribution in [2.45, 2.75) is 149 Å². The maximum atomic E-state index is 11.0. The first-order valence-electron chi connectivity index (χ1n) is 24.2. The average molecular weight is 1040 g/mol. The number of nitrogens with zero attached hydrogens (tertiary/aromatic N) is 4. The molecule has 4 saturated carbocycles. The third-order valence-electron chi connectivity index (χ3n) is 12.8. The van der Waals surface area contributed by atoms with Gasteiger partial charge in [0.1, 0.15) is 0 Å². The first-order valence-corrected chi connectivity index (χ1v) is 27.0. The summed E-state index contributed by atoms with van der Waals surface area (Å²) < 4.78 is 0. The standard InChI is InChI=1S/C44H52N4O2S3.2C6H11.2Fe/c1-33-11-9-13-35(33)27-45-47(37-15-5-3-6-16-37)29-39(49)31-51-41-19-23-43(24-20-41)53-44-25-21-42(22-26-44)52-32-40(50)30-48(38-17-7-4-8-18-38)46-28-36-14-10-12-34(36)2;2*1-6-4-2-3-5-6;;/h3-8,15-28,35-36,39-40,49-50H,9-14,29-32H2,1-2H3;2*2-5H2,1H3;;/q-2;2*-1;2*+2/b45-27+,46-28+;;;;. The molecule has 8 rings (SSSR count). The minimum atomic E-state index is -0.529. The van der Waals surface area contributed by atoms with Gasteiger partial charge in [-0.1, -0.05) is 99.5 Å². The Morgan fingerprint density at radius 1 is 0.507 bits per heavy atom. The summed E-state index contributed by atoms with van der Waals surface area (Å²) in [5.41, 5.74) is 1.99. The molecule has 0 aliphatic heterocycles. The summed E-state index contributed by atoms with van der Waals surface area (Å²) in [6.07, 6.45) is 21.6. The van der Waals surface area contributed by atoms with Crippen LogP contribution in [0.4, 0.5) is 11.4 Å². The Bertz CT molecular complexity index is 1810. The van der Waals surface area contributed by atoms with Gasteiger partial charge in [0.25, 0.3) is 0 Å². The Hall–Kier alpha value is -2.17. The fraction of sp³-hybridized carbons (Fsp3) is 0.464. The van der Waals surface area contributed by atoms with Crippen molar-refractivity contribution in [3.05, 3.63) is 133 Å². The van der Waals surface area contributed by atoms with Crippen molar-refractivity contribution in [1.82, 2.24) is 0 Å². The molecule has 67 heavy (non-hydrogen) atoms. The molecule has 4 aromatic carbocycles. The van der Waals surface area contributed by atoms with Crippen molar-refractivity contribution >= 4 is 59.1 Å². The number of hydrazone groups is 2. The molecule has 11 heteroatoms. The van der Waals surface area contributed by atoms with Crippen LogP contribution in [0.5, 0.6) is 0 Å². The van der Waals surface area contributed by atoms with Crippen LogP contribution in [0.2, 0.25) is 0 Å². The summed E-state index contributed by atoms with van der Waals surface area (Å²) in [5, 5.41) is 35.6. The molecule has 4 atom stereocenters. The van der Waals surface area contributed by atoms with E-state index < -0.39 is 12.2 Å². The molecule has 0 saturated heterocycles. The normalized spacial score (nSPS) is 19.9. The van der Waals surface area contributed by atoms with Crippen molar-refractivity contribution in [3.63, 3.8) is 0 Å². The average Bonchev–Trinajstić information content (AvgIpc) is 4.18. The number of thioether (sulfide) groups is 2. The van der Waals surface area contributed by atoms with Gasteiger partial charge >= 0.3 is 34.1 Å². The van der Waals surface area contributed by atoms with E-state index in [1.165, 1.54) is 98.7 Å². The molecule has 4 aliphatic rings. The largest absolute Gasteiger partial charge is 2.00 e. The Kier molecular flexibility index (Phi) is 27.4. The van der Waals surface area contributed by atoms with Crippen LogP contribution in [0.25, 0.3) is 0 Å². The smallest absolute Gasteiger partial charge is 0.390 e. The van der Waals surface area contributed by atoms with E-state index in [-0.39, 0.29) is 34.1 Å². The third kappa shape index (κ3) is 21.0. The second-order valence-electron chi connectivity index (χ2n) is 18.4. The summed E-state index contributed by atoms with van der Waals surface area (Å²) in [4.78, 5) is 4.60. The minimum absolute atomic E-state index is 0. The molecule has 2 N–H and O–H groups in total. The predicted octanol–water partition coefficient (Wildman–Crippen LogP) is 14.8. The number of para-hydroxylation sites is 2. The van der Waals surface area contributed by atoms with Gasteiger partial charge < -0.3 is 33.9 Å². The maximum Gasteiger partial charge on any atom is 2.00 e. The third-order valence-corrected chi connectivity index (χ3v) is 16.1. The van der Waals surface area contributed by atoms with Crippen molar-refractivity contribution in [2.24, 2.45) is 22.0 Å². The van der Waals surface area contributed by atoms with Crippen LogP contribution < -0.4 is 10.0 Å². The molecule has 0 spiro atoms. The number of hydrogen-bond acceptors (Lipinski definition) is 9. The van der Waals surface area contributed by atoms with Gasteiger partial charge in [-0.15, -0.1) is 35.4 Å². The molecule has 0 aromatic heterocycles. The van der Waals surface area contributed by atoms with Gasteiger partial charge in [0.05, 0.1) is 36.7 Å². The zero-order valence-corrected chi connectivity index (χ0v) is 44.9. The van der Waals surface area contributed by atoms with Gasteiger partial charge in [-0.05, 0) is 85.2 Å². The molecular formula is C56H74Fe2N4O2S3. The first kappa shape index (κ1) is 57.4. The van der Waals surface area contributed by atoms with Crippen molar-refractivity contribution < 1.29 is 44.4 Å². The van der Waals surface area contributed by atoms with Gasteiger partial charge in [-0.2, -0.15) is 76.4 Å². The van der Waals surface area contributed by atoms with E-state index in [4.69, 9.17) is 10.2 Å². The van der Waals surface area contributed by atoms with E-state index >= 15 is 0 Å². The Labute approximate surface area is 439 Å². The monoisotopic (exact) mass is 1040 g/mol. The van der Waals surface area contributed by atoms with E-state index in [1.807, 2.05) is 70.7 Å². The number of benzene rings is 4. The van der Waals surface area contributed by atoms with E-state index in [1.54, 1.807) is 47.1 Å².